The summed E-state index contributed by atoms with van der Waals surface area (Å²) in [7, 11) is 0. The van der Waals surface area contributed by atoms with Crippen LogP contribution in [0.4, 0.5) is 0 Å². The van der Waals surface area contributed by atoms with E-state index in [1.54, 1.807) is 49.4 Å². The Kier molecular flexibility index (Phi) is 8.62. The second-order valence-electron chi connectivity index (χ2n) is 6.80. The van der Waals surface area contributed by atoms with E-state index in [1.807, 2.05) is 13.8 Å². The van der Waals surface area contributed by atoms with Crippen LogP contribution < -0.4 is 10.1 Å². The summed E-state index contributed by atoms with van der Waals surface area (Å²) in [6.07, 6.45) is 0. The predicted molar refractivity (Wildman–Crippen MR) is 117 cm³/mol. The second kappa shape index (κ2) is 10.7. The summed E-state index contributed by atoms with van der Waals surface area (Å²) in [6, 6.07) is 11.0. The van der Waals surface area contributed by atoms with Crippen LogP contribution in [0.5, 0.6) is 5.75 Å². The summed E-state index contributed by atoms with van der Waals surface area (Å²) in [4.78, 5) is 26.9. The van der Waals surface area contributed by atoms with E-state index in [0.29, 0.717) is 26.4 Å². The average molecular weight is 458 g/mol. The van der Waals surface area contributed by atoms with Crippen LogP contribution in [0.2, 0.25) is 15.1 Å². The van der Waals surface area contributed by atoms with Gasteiger partial charge in [0.05, 0.1) is 0 Å². The molecule has 0 bridgehead atoms. The maximum absolute atomic E-state index is 13.0. The third-order valence-corrected chi connectivity index (χ3v) is 5.12. The third kappa shape index (κ3) is 6.81. The molecule has 5 nitrogen and oxygen atoms in total. The monoisotopic (exact) mass is 456 g/mol. The molecule has 2 amide bonds. The van der Waals surface area contributed by atoms with E-state index >= 15 is 0 Å². The predicted octanol–water partition coefficient (Wildman–Crippen LogP) is 4.97. The number of hydrogen-bond acceptors (Lipinski definition) is 3. The maximum Gasteiger partial charge on any atom is 0.261 e. The van der Waals surface area contributed by atoms with Gasteiger partial charge in [-0.15, -0.1) is 0 Å². The van der Waals surface area contributed by atoms with Crippen molar-refractivity contribution in [1.29, 1.82) is 0 Å². The summed E-state index contributed by atoms with van der Waals surface area (Å²) in [5, 5.41) is 4.23. The lowest BCUT2D eigenvalue weighted by atomic mass is 10.1. The zero-order chi connectivity index (χ0) is 21.6. The van der Waals surface area contributed by atoms with Crippen molar-refractivity contribution in [2.75, 3.05) is 6.61 Å². The fraction of sp³-hybridized carbons (Fsp3) is 0.333. The summed E-state index contributed by atoms with van der Waals surface area (Å²) in [5.41, 5.74) is 0.569. The highest BCUT2D eigenvalue weighted by Crippen LogP contribution is 2.26. The first-order valence-electron chi connectivity index (χ1n) is 9.10. The summed E-state index contributed by atoms with van der Waals surface area (Å²) >= 11 is 18.4. The molecule has 2 aromatic rings. The number of rotatable bonds is 8. The van der Waals surface area contributed by atoms with Crippen LogP contribution >= 0.6 is 34.8 Å². The van der Waals surface area contributed by atoms with Gasteiger partial charge in [0.1, 0.15) is 11.8 Å². The van der Waals surface area contributed by atoms with Crippen molar-refractivity contribution in [2.24, 2.45) is 0 Å². The van der Waals surface area contributed by atoms with Gasteiger partial charge in [-0.3, -0.25) is 9.59 Å². The molecule has 0 heterocycles. The fourth-order valence-electron chi connectivity index (χ4n) is 2.60. The highest BCUT2D eigenvalue weighted by Gasteiger charge is 2.28. The molecule has 8 heteroatoms. The number of hydrogen-bond donors (Lipinski definition) is 1. The molecule has 0 saturated carbocycles. The molecular weight excluding hydrogens is 435 g/mol. The minimum atomic E-state index is -0.744. The van der Waals surface area contributed by atoms with Gasteiger partial charge in [-0.25, -0.2) is 0 Å². The zero-order valence-electron chi connectivity index (χ0n) is 16.4. The molecule has 1 N–H and O–H groups in total. The Morgan fingerprint density at radius 2 is 1.59 bits per heavy atom. The van der Waals surface area contributed by atoms with Crippen LogP contribution in [-0.4, -0.2) is 35.4 Å². The van der Waals surface area contributed by atoms with Crippen molar-refractivity contribution in [1.82, 2.24) is 10.2 Å². The quantitative estimate of drug-likeness (QED) is 0.609. The van der Waals surface area contributed by atoms with Gasteiger partial charge in [-0.05, 0) is 57.2 Å². The smallest absolute Gasteiger partial charge is 0.261 e. The number of ether oxygens (including phenoxy) is 1. The summed E-state index contributed by atoms with van der Waals surface area (Å²) in [5.74, 6) is -0.150. The normalized spacial score (nSPS) is 11.8. The van der Waals surface area contributed by atoms with Crippen LogP contribution in [0, 0.1) is 0 Å². The Bertz CT molecular complexity index is 836. The molecule has 0 fully saturated rings. The Labute approximate surface area is 185 Å². The van der Waals surface area contributed by atoms with Gasteiger partial charge in [-0.2, -0.15) is 0 Å². The standard InChI is InChI=1S/C21H23Cl3N2O3/c1-13(2)25-21(28)14(3)26(11-17-18(23)5-4-6-19(17)24)20(27)12-29-16-9-7-15(22)8-10-16/h4-10,13-14H,11-12H2,1-3H3,(H,25,28)/t14-/m1/s1. The number of amides is 2. The Balaban J connectivity index is 2.21. The molecule has 2 aromatic carbocycles. The average Bonchev–Trinajstić information content (AvgIpc) is 2.66. The summed E-state index contributed by atoms with van der Waals surface area (Å²) < 4.78 is 5.57. The molecule has 0 aliphatic rings. The number of carbonyl (C=O) groups is 2. The van der Waals surface area contributed by atoms with E-state index in [4.69, 9.17) is 39.5 Å². The van der Waals surface area contributed by atoms with Crippen molar-refractivity contribution in [2.45, 2.75) is 39.4 Å². The minimum Gasteiger partial charge on any atom is -0.484 e. The first-order chi connectivity index (χ1) is 13.7. The molecular formula is C21H23Cl3N2O3. The van der Waals surface area contributed by atoms with E-state index in [-0.39, 0.29) is 31.0 Å². The van der Waals surface area contributed by atoms with Gasteiger partial charge in [0.25, 0.3) is 5.91 Å². The number of benzene rings is 2. The molecule has 0 radical (unpaired) electrons. The first-order valence-corrected chi connectivity index (χ1v) is 10.2. The van der Waals surface area contributed by atoms with Crippen molar-refractivity contribution in [3.8, 4) is 5.75 Å². The number of nitrogens with zero attached hydrogens (tertiary/aromatic N) is 1. The molecule has 156 valence electrons. The Morgan fingerprint density at radius 1 is 1.00 bits per heavy atom. The van der Waals surface area contributed by atoms with E-state index in [1.165, 1.54) is 4.90 Å². The first kappa shape index (κ1) is 23.3. The molecule has 0 saturated heterocycles. The highest BCUT2D eigenvalue weighted by molar-refractivity contribution is 6.36. The molecule has 1 atom stereocenters. The van der Waals surface area contributed by atoms with Crippen LogP contribution in [-0.2, 0) is 16.1 Å². The fourth-order valence-corrected chi connectivity index (χ4v) is 3.24. The van der Waals surface area contributed by atoms with Gasteiger partial charge < -0.3 is 15.0 Å². The van der Waals surface area contributed by atoms with Crippen LogP contribution in [0.15, 0.2) is 42.5 Å². The van der Waals surface area contributed by atoms with Gasteiger partial charge in [0.2, 0.25) is 5.91 Å². The molecule has 2 rings (SSSR count). The SMILES string of the molecule is CC(C)NC(=O)[C@@H](C)N(Cc1c(Cl)cccc1Cl)C(=O)COc1ccc(Cl)cc1. The molecule has 0 aliphatic carbocycles. The zero-order valence-corrected chi connectivity index (χ0v) is 18.7. The van der Waals surface area contributed by atoms with E-state index < -0.39 is 6.04 Å². The molecule has 0 spiro atoms. The summed E-state index contributed by atoms with van der Waals surface area (Å²) in [6.45, 7) is 5.19. The van der Waals surface area contributed by atoms with E-state index in [2.05, 4.69) is 5.32 Å². The number of halogens is 3. The number of carbonyl (C=O) groups excluding carboxylic acids is 2. The maximum atomic E-state index is 13.0. The largest absolute Gasteiger partial charge is 0.484 e. The van der Waals surface area contributed by atoms with Crippen LogP contribution in [0.3, 0.4) is 0 Å². The lowest BCUT2D eigenvalue weighted by Gasteiger charge is -2.30. The van der Waals surface area contributed by atoms with Crippen molar-refractivity contribution in [3.05, 3.63) is 63.1 Å². The van der Waals surface area contributed by atoms with Crippen molar-refractivity contribution in [3.63, 3.8) is 0 Å². The minimum absolute atomic E-state index is 0.0591. The van der Waals surface area contributed by atoms with Gasteiger partial charge in [0.15, 0.2) is 6.61 Å². The topological polar surface area (TPSA) is 58.6 Å². The molecule has 0 unspecified atom stereocenters. The van der Waals surface area contributed by atoms with Gasteiger partial charge >= 0.3 is 0 Å². The van der Waals surface area contributed by atoms with Gasteiger partial charge in [-0.1, -0.05) is 40.9 Å². The molecule has 0 aromatic heterocycles. The molecule has 0 aliphatic heterocycles. The Hall–Kier alpha value is -1.95. The van der Waals surface area contributed by atoms with Crippen molar-refractivity contribution >= 4 is 46.6 Å². The van der Waals surface area contributed by atoms with Crippen molar-refractivity contribution < 1.29 is 14.3 Å². The Morgan fingerprint density at radius 3 is 2.14 bits per heavy atom. The molecule has 29 heavy (non-hydrogen) atoms. The number of nitrogens with one attached hydrogen (secondary N) is 1. The third-order valence-electron chi connectivity index (χ3n) is 4.16. The van der Waals surface area contributed by atoms with Gasteiger partial charge in [0, 0.05) is 33.2 Å². The van der Waals surface area contributed by atoms with E-state index in [9.17, 15) is 9.59 Å². The van der Waals surface area contributed by atoms with Crippen LogP contribution in [0.1, 0.15) is 26.3 Å². The van der Waals surface area contributed by atoms with E-state index in [0.717, 1.165) is 0 Å². The lowest BCUT2D eigenvalue weighted by molar-refractivity contribution is -0.142. The second-order valence-corrected chi connectivity index (χ2v) is 8.05. The van der Waals surface area contributed by atoms with Crippen LogP contribution in [0.25, 0.3) is 0 Å². The lowest BCUT2D eigenvalue weighted by Crippen LogP contribution is -2.50. The highest BCUT2D eigenvalue weighted by atomic mass is 35.5.